The number of ether oxygens (including phenoxy) is 4. The Bertz CT molecular complexity index is 1810. The molecular weight excluding hydrogens is 1150 g/mol. The Labute approximate surface area is 529 Å². The third-order valence-corrected chi connectivity index (χ3v) is 17.6. The molecule has 0 fully saturated rings. The fourth-order valence-corrected chi connectivity index (χ4v) is 11.2. The van der Waals surface area contributed by atoms with E-state index in [0.717, 1.165) is 127 Å². The smallest absolute Gasteiger partial charge is 0.462 e. The monoisotopic (exact) mass is 1280 g/mol. The van der Waals surface area contributed by atoms with Gasteiger partial charge in [-0.3, -0.25) is 37.3 Å². The van der Waals surface area contributed by atoms with Crippen molar-refractivity contribution in [2.45, 2.75) is 330 Å². The molecule has 0 bridgehead atoms. The van der Waals surface area contributed by atoms with Gasteiger partial charge in [0.2, 0.25) is 0 Å². The molecule has 0 saturated heterocycles. The molecule has 0 aliphatic carbocycles. The van der Waals surface area contributed by atoms with Gasteiger partial charge >= 0.3 is 39.5 Å². The molecule has 0 spiro atoms. The normalized spacial score (nSPS) is 15.1. The van der Waals surface area contributed by atoms with Gasteiger partial charge in [0.05, 0.1) is 26.4 Å². The highest BCUT2D eigenvalue weighted by Crippen LogP contribution is 2.45. The van der Waals surface area contributed by atoms with Gasteiger partial charge in [-0.1, -0.05) is 259 Å². The lowest BCUT2D eigenvalue weighted by atomic mass is 9.99. The number of phosphoric ester groups is 2. The summed E-state index contributed by atoms with van der Waals surface area (Å²) < 4.78 is 68.1. The molecule has 0 aromatic rings. The number of carbonyl (C=O) groups excluding carboxylic acids is 4. The van der Waals surface area contributed by atoms with Crippen molar-refractivity contribution in [2.24, 2.45) is 17.8 Å². The van der Waals surface area contributed by atoms with E-state index in [2.05, 4.69) is 72.8 Å². The molecule has 0 radical (unpaired) electrons. The molecule has 0 aromatic carbocycles. The number of rotatable bonds is 64. The fourth-order valence-electron chi connectivity index (χ4n) is 9.58. The van der Waals surface area contributed by atoms with Crippen molar-refractivity contribution in [3.63, 3.8) is 0 Å². The van der Waals surface area contributed by atoms with Crippen LogP contribution >= 0.6 is 15.6 Å². The van der Waals surface area contributed by atoms with E-state index in [9.17, 15) is 43.2 Å². The number of unbranched alkanes of at least 4 members (excludes halogenated alkanes) is 27. The van der Waals surface area contributed by atoms with E-state index in [1.807, 2.05) is 0 Å². The Morgan fingerprint density at radius 2 is 0.678 bits per heavy atom. The Hall–Kier alpha value is -2.46. The third-order valence-electron chi connectivity index (χ3n) is 15.7. The number of hydrogen-bond donors (Lipinski definition) is 3. The highest BCUT2D eigenvalue weighted by Gasteiger charge is 2.30. The van der Waals surface area contributed by atoms with Crippen LogP contribution in [-0.4, -0.2) is 96.7 Å². The van der Waals surface area contributed by atoms with Crippen LogP contribution in [0.25, 0.3) is 0 Å². The van der Waals surface area contributed by atoms with E-state index in [4.69, 9.17) is 37.0 Å². The first kappa shape index (κ1) is 84.5. The zero-order chi connectivity index (χ0) is 64.5. The minimum absolute atomic E-state index is 0.0834. The molecule has 17 nitrogen and oxygen atoms in total. The minimum atomic E-state index is -4.96. The van der Waals surface area contributed by atoms with Gasteiger partial charge in [-0.15, -0.1) is 0 Å². The molecule has 5 unspecified atom stereocenters. The standard InChI is InChI=1S/C68H128O17P2/c1-8-11-12-13-14-15-16-17-18-19-20-21-27-37-44-51-67(72)84-64(56-79-66(71)50-43-36-31-30-34-41-48-61(7)10-3)58-83-87(76,77)81-54-62(69)53-80-86(74,75)82-57-63(55-78-65(70)49-42-35-29-24-25-32-39-46-59(4)5)85-68(73)52-45-38-28-23-22-26-33-40-47-60(6)9-2/h15-18,59-64,69H,8-14,19-58H2,1-7H3,(H,74,75)(H,76,77)/b16-15-,18-17-/t60?,61?,62?,63-,64-/m1/s1. The van der Waals surface area contributed by atoms with Crippen molar-refractivity contribution in [2.75, 3.05) is 39.6 Å². The number of aliphatic hydroxyl groups excluding tert-OH is 1. The predicted octanol–water partition coefficient (Wildman–Crippen LogP) is 18.6. The van der Waals surface area contributed by atoms with Crippen LogP contribution in [0.5, 0.6) is 0 Å². The first-order valence-corrected chi connectivity index (χ1v) is 37.7. The molecule has 0 aliphatic rings. The second-order valence-electron chi connectivity index (χ2n) is 24.8. The van der Waals surface area contributed by atoms with Crippen LogP contribution < -0.4 is 0 Å². The summed E-state index contributed by atoms with van der Waals surface area (Å²) in [7, 11) is -9.91. The van der Waals surface area contributed by atoms with Gasteiger partial charge in [0.15, 0.2) is 12.2 Å². The molecule has 0 amide bonds. The minimum Gasteiger partial charge on any atom is -0.462 e. The van der Waals surface area contributed by atoms with Crippen molar-refractivity contribution in [1.29, 1.82) is 0 Å². The average Bonchev–Trinajstić information content (AvgIpc) is 3.71. The molecule has 3 N–H and O–H groups in total. The topological polar surface area (TPSA) is 237 Å². The Morgan fingerprint density at radius 1 is 0.379 bits per heavy atom. The molecule has 19 heteroatoms. The van der Waals surface area contributed by atoms with Crippen LogP contribution in [0.15, 0.2) is 24.3 Å². The van der Waals surface area contributed by atoms with E-state index in [0.29, 0.717) is 31.6 Å². The Balaban J connectivity index is 5.30. The number of esters is 4. The van der Waals surface area contributed by atoms with Gasteiger partial charge in [0, 0.05) is 25.7 Å². The van der Waals surface area contributed by atoms with Crippen molar-refractivity contribution < 1.29 is 80.2 Å². The maximum atomic E-state index is 13.0. The summed E-state index contributed by atoms with van der Waals surface area (Å²) in [5.74, 6) is 0.0348. The highest BCUT2D eigenvalue weighted by molar-refractivity contribution is 7.47. The quantitative estimate of drug-likeness (QED) is 0.0169. The Kier molecular flexibility index (Phi) is 57.0. The largest absolute Gasteiger partial charge is 0.472 e. The van der Waals surface area contributed by atoms with E-state index < -0.39 is 97.5 Å². The molecule has 0 aromatic heterocycles. The molecule has 0 saturated carbocycles. The molecule has 87 heavy (non-hydrogen) atoms. The van der Waals surface area contributed by atoms with Gasteiger partial charge in [-0.2, -0.15) is 0 Å². The predicted molar refractivity (Wildman–Crippen MR) is 349 cm³/mol. The lowest BCUT2D eigenvalue weighted by Crippen LogP contribution is -2.30. The van der Waals surface area contributed by atoms with Gasteiger partial charge in [-0.05, 0) is 69.1 Å². The summed E-state index contributed by atoms with van der Waals surface area (Å²) in [6.07, 6.45) is 44.0. The molecule has 0 rings (SSSR count). The summed E-state index contributed by atoms with van der Waals surface area (Å²) in [5, 5.41) is 10.6. The lowest BCUT2D eigenvalue weighted by molar-refractivity contribution is -0.161. The number of hydrogen-bond acceptors (Lipinski definition) is 15. The maximum Gasteiger partial charge on any atom is 0.472 e. The van der Waals surface area contributed by atoms with Gasteiger partial charge in [-0.25, -0.2) is 9.13 Å². The highest BCUT2D eigenvalue weighted by atomic mass is 31.2. The number of phosphoric acid groups is 2. The van der Waals surface area contributed by atoms with E-state index >= 15 is 0 Å². The zero-order valence-electron chi connectivity index (χ0n) is 56.0. The van der Waals surface area contributed by atoms with Crippen molar-refractivity contribution >= 4 is 39.5 Å². The average molecular weight is 1280 g/mol. The van der Waals surface area contributed by atoms with Gasteiger partial charge in [0.1, 0.15) is 19.3 Å². The molecule has 7 atom stereocenters. The summed E-state index contributed by atoms with van der Waals surface area (Å²) in [6, 6.07) is 0. The summed E-state index contributed by atoms with van der Waals surface area (Å²) in [6.45, 7) is 11.7. The molecule has 0 heterocycles. The van der Waals surface area contributed by atoms with Crippen LogP contribution in [0, 0.1) is 17.8 Å². The molecule has 0 aliphatic heterocycles. The van der Waals surface area contributed by atoms with Crippen LogP contribution in [0.4, 0.5) is 0 Å². The van der Waals surface area contributed by atoms with E-state index in [-0.39, 0.29) is 25.7 Å². The van der Waals surface area contributed by atoms with Crippen LogP contribution in [-0.2, 0) is 65.4 Å². The van der Waals surface area contributed by atoms with E-state index in [1.54, 1.807) is 0 Å². The first-order chi connectivity index (χ1) is 41.8. The summed E-state index contributed by atoms with van der Waals surface area (Å²) in [5.41, 5.74) is 0. The second-order valence-corrected chi connectivity index (χ2v) is 27.7. The first-order valence-electron chi connectivity index (χ1n) is 34.7. The van der Waals surface area contributed by atoms with Crippen LogP contribution in [0.1, 0.15) is 312 Å². The number of allylic oxidation sites excluding steroid dienone is 4. The molecule has 512 valence electrons. The van der Waals surface area contributed by atoms with Crippen molar-refractivity contribution in [3.8, 4) is 0 Å². The zero-order valence-corrected chi connectivity index (χ0v) is 57.7. The van der Waals surface area contributed by atoms with Crippen LogP contribution in [0.3, 0.4) is 0 Å². The maximum absolute atomic E-state index is 13.0. The summed E-state index contributed by atoms with van der Waals surface area (Å²) in [4.78, 5) is 72.4. The number of carbonyl (C=O) groups is 4. The third kappa shape index (κ3) is 59.6. The van der Waals surface area contributed by atoms with Crippen molar-refractivity contribution in [1.82, 2.24) is 0 Å². The molecular formula is C68H128O17P2. The Morgan fingerprint density at radius 3 is 1.02 bits per heavy atom. The van der Waals surface area contributed by atoms with Gasteiger partial charge in [0.25, 0.3) is 0 Å². The van der Waals surface area contributed by atoms with Crippen molar-refractivity contribution in [3.05, 3.63) is 24.3 Å². The van der Waals surface area contributed by atoms with Gasteiger partial charge < -0.3 is 33.8 Å². The van der Waals surface area contributed by atoms with Crippen LogP contribution in [0.2, 0.25) is 0 Å². The second kappa shape index (κ2) is 58.6. The summed E-state index contributed by atoms with van der Waals surface area (Å²) >= 11 is 0. The SMILES string of the molecule is CCCCCC/C=C\C=C/CCCCCCCC(=O)O[C@H](COC(=O)CCCCCCCCC(C)CC)COP(=O)(O)OCC(O)COP(=O)(O)OC[C@@H](COC(=O)CCCCCCCCCC(C)C)OC(=O)CCCCCCCCCCC(C)CC. The van der Waals surface area contributed by atoms with E-state index in [1.165, 1.54) is 96.3 Å². The lowest BCUT2D eigenvalue weighted by Gasteiger charge is -2.21. The number of aliphatic hydroxyl groups is 1. The fraction of sp³-hybridized carbons (Fsp3) is 0.882.